The van der Waals surface area contributed by atoms with E-state index in [2.05, 4.69) is 28.8 Å². The van der Waals surface area contributed by atoms with Gasteiger partial charge < -0.3 is 10.1 Å². The smallest absolute Gasteiger partial charge is 0.187 e. The van der Waals surface area contributed by atoms with Gasteiger partial charge in [-0.2, -0.15) is 5.10 Å². The van der Waals surface area contributed by atoms with Gasteiger partial charge in [-0.1, -0.05) is 24.3 Å². The predicted octanol–water partition coefficient (Wildman–Crippen LogP) is 1.97. The van der Waals surface area contributed by atoms with Gasteiger partial charge in [0.25, 0.3) is 0 Å². The number of nitrogens with zero attached hydrogens (tertiary/aromatic N) is 1. The van der Waals surface area contributed by atoms with Gasteiger partial charge in [-0.15, -0.1) is 0 Å². The Kier molecular flexibility index (Phi) is 5.30. The van der Waals surface area contributed by atoms with Crippen LogP contribution in [0, 0.1) is 6.92 Å². The zero-order chi connectivity index (χ0) is 13.5. The molecule has 1 fully saturated rings. The number of hydrogen-bond acceptors (Lipinski definition) is 3. The summed E-state index contributed by atoms with van der Waals surface area (Å²) < 4.78 is 5.50. The molecular formula is C14H19N3OS. The minimum absolute atomic E-state index is 0.278. The van der Waals surface area contributed by atoms with Gasteiger partial charge in [0.1, 0.15) is 0 Å². The maximum atomic E-state index is 5.50. The lowest BCUT2D eigenvalue weighted by Crippen LogP contribution is -2.37. The van der Waals surface area contributed by atoms with E-state index in [-0.39, 0.29) is 6.10 Å². The van der Waals surface area contributed by atoms with E-state index in [1.165, 1.54) is 5.56 Å². The average molecular weight is 277 g/mol. The Morgan fingerprint density at radius 2 is 2.37 bits per heavy atom. The Balaban J connectivity index is 1.72. The number of nitrogens with one attached hydrogen (secondary N) is 2. The van der Waals surface area contributed by atoms with Crippen LogP contribution in [0.15, 0.2) is 29.4 Å². The highest BCUT2D eigenvalue weighted by Gasteiger charge is 2.14. The van der Waals surface area contributed by atoms with Crippen LogP contribution >= 0.6 is 12.2 Å². The van der Waals surface area contributed by atoms with Crippen molar-refractivity contribution < 1.29 is 4.74 Å². The van der Waals surface area contributed by atoms with Gasteiger partial charge in [0.15, 0.2) is 5.11 Å². The first-order valence-electron chi connectivity index (χ1n) is 6.50. The minimum Gasteiger partial charge on any atom is -0.376 e. The molecule has 1 aromatic rings. The second-order valence-electron chi connectivity index (χ2n) is 4.57. The molecule has 2 N–H and O–H groups in total. The number of benzene rings is 1. The summed E-state index contributed by atoms with van der Waals surface area (Å²) in [6.45, 7) is 3.65. The second kappa shape index (κ2) is 7.21. The summed E-state index contributed by atoms with van der Waals surface area (Å²) in [7, 11) is 0. The first kappa shape index (κ1) is 14.0. The number of ether oxygens (including phenoxy) is 1. The van der Waals surface area contributed by atoms with E-state index in [0.717, 1.165) is 31.6 Å². The Labute approximate surface area is 119 Å². The first-order valence-corrected chi connectivity index (χ1v) is 6.90. The van der Waals surface area contributed by atoms with Gasteiger partial charge in [-0.3, -0.25) is 5.43 Å². The Morgan fingerprint density at radius 1 is 1.53 bits per heavy atom. The maximum Gasteiger partial charge on any atom is 0.187 e. The van der Waals surface area contributed by atoms with E-state index in [9.17, 15) is 0 Å². The summed E-state index contributed by atoms with van der Waals surface area (Å²) in [6.07, 6.45) is 4.29. The Hall–Kier alpha value is -1.46. The summed E-state index contributed by atoms with van der Waals surface area (Å²) in [6, 6.07) is 8.06. The lowest BCUT2D eigenvalue weighted by atomic mass is 10.1. The second-order valence-corrected chi connectivity index (χ2v) is 4.98. The molecule has 1 aliphatic rings. The molecule has 2 rings (SSSR count). The number of aryl methyl sites for hydroxylation is 1. The van der Waals surface area contributed by atoms with Crippen molar-refractivity contribution in [2.45, 2.75) is 25.9 Å². The fraction of sp³-hybridized carbons (Fsp3) is 0.429. The Bertz CT molecular complexity index is 456. The molecule has 4 nitrogen and oxygen atoms in total. The van der Waals surface area contributed by atoms with E-state index >= 15 is 0 Å². The topological polar surface area (TPSA) is 45.7 Å². The summed E-state index contributed by atoms with van der Waals surface area (Å²) >= 11 is 5.15. The molecule has 0 saturated carbocycles. The van der Waals surface area contributed by atoms with Crippen molar-refractivity contribution in [1.82, 2.24) is 10.7 Å². The normalized spacial score (nSPS) is 18.7. The van der Waals surface area contributed by atoms with Crippen molar-refractivity contribution in [3.8, 4) is 0 Å². The zero-order valence-electron chi connectivity index (χ0n) is 11.1. The lowest BCUT2D eigenvalue weighted by molar-refractivity contribution is 0.114. The molecule has 102 valence electrons. The molecule has 0 radical (unpaired) electrons. The zero-order valence-corrected chi connectivity index (χ0v) is 11.9. The van der Waals surface area contributed by atoms with Crippen LogP contribution in [0.3, 0.4) is 0 Å². The fourth-order valence-corrected chi connectivity index (χ4v) is 2.08. The maximum absolute atomic E-state index is 5.50. The van der Waals surface area contributed by atoms with Crippen molar-refractivity contribution >= 4 is 23.5 Å². The molecule has 5 heteroatoms. The molecule has 0 amide bonds. The van der Waals surface area contributed by atoms with Gasteiger partial charge in [0.05, 0.1) is 12.3 Å². The highest BCUT2D eigenvalue weighted by atomic mass is 32.1. The highest BCUT2D eigenvalue weighted by molar-refractivity contribution is 7.80. The van der Waals surface area contributed by atoms with Crippen LogP contribution in [0.4, 0.5) is 0 Å². The summed E-state index contributed by atoms with van der Waals surface area (Å²) in [4.78, 5) is 0. The van der Waals surface area contributed by atoms with Crippen LogP contribution in [-0.4, -0.2) is 30.6 Å². The number of hydrazone groups is 1. The standard InChI is InChI=1S/C14H19N3OS/c1-11-5-2-3-6-12(11)9-16-17-14(19)15-10-13-7-4-8-18-13/h2-3,5-6,9,13H,4,7-8,10H2,1H3,(H2,15,17,19)/b16-9+. The minimum atomic E-state index is 0.278. The van der Waals surface area contributed by atoms with E-state index in [4.69, 9.17) is 17.0 Å². The van der Waals surface area contributed by atoms with Gasteiger partial charge in [0, 0.05) is 13.2 Å². The van der Waals surface area contributed by atoms with E-state index < -0.39 is 0 Å². The number of rotatable bonds is 4. The third-order valence-electron chi connectivity index (χ3n) is 3.07. The van der Waals surface area contributed by atoms with Crippen molar-refractivity contribution in [2.24, 2.45) is 5.10 Å². The third kappa shape index (κ3) is 4.61. The predicted molar refractivity (Wildman–Crippen MR) is 81.5 cm³/mol. The quantitative estimate of drug-likeness (QED) is 0.502. The summed E-state index contributed by atoms with van der Waals surface area (Å²) in [5.41, 5.74) is 5.08. The third-order valence-corrected chi connectivity index (χ3v) is 3.31. The number of hydrogen-bond donors (Lipinski definition) is 2. The molecule has 1 heterocycles. The van der Waals surface area contributed by atoms with Gasteiger partial charge in [-0.05, 0) is 43.1 Å². The van der Waals surface area contributed by atoms with E-state index in [0.29, 0.717) is 5.11 Å². The molecule has 1 unspecified atom stereocenters. The van der Waals surface area contributed by atoms with Crippen LogP contribution in [0.25, 0.3) is 0 Å². The van der Waals surface area contributed by atoms with Crippen LogP contribution in [0.1, 0.15) is 24.0 Å². The van der Waals surface area contributed by atoms with Crippen molar-refractivity contribution in [1.29, 1.82) is 0 Å². The molecule has 0 bridgehead atoms. The molecule has 1 saturated heterocycles. The molecule has 1 aromatic carbocycles. The Morgan fingerprint density at radius 3 is 3.11 bits per heavy atom. The van der Waals surface area contributed by atoms with E-state index in [1.807, 2.05) is 18.2 Å². The van der Waals surface area contributed by atoms with Gasteiger partial charge in [0.2, 0.25) is 0 Å². The largest absolute Gasteiger partial charge is 0.376 e. The van der Waals surface area contributed by atoms with Gasteiger partial charge in [-0.25, -0.2) is 0 Å². The SMILES string of the molecule is Cc1ccccc1/C=N/NC(=S)NCC1CCCO1. The first-order chi connectivity index (χ1) is 9.25. The summed E-state index contributed by atoms with van der Waals surface area (Å²) in [5.74, 6) is 0. The number of thiocarbonyl (C=S) groups is 1. The molecule has 0 aromatic heterocycles. The molecule has 1 atom stereocenters. The molecule has 1 aliphatic heterocycles. The van der Waals surface area contributed by atoms with E-state index in [1.54, 1.807) is 6.21 Å². The van der Waals surface area contributed by atoms with Crippen LogP contribution < -0.4 is 10.7 Å². The molecule has 0 spiro atoms. The van der Waals surface area contributed by atoms with Crippen LogP contribution in [-0.2, 0) is 4.74 Å². The molecular weight excluding hydrogens is 258 g/mol. The van der Waals surface area contributed by atoms with Crippen LogP contribution in [0.2, 0.25) is 0 Å². The monoisotopic (exact) mass is 277 g/mol. The van der Waals surface area contributed by atoms with Crippen LogP contribution in [0.5, 0.6) is 0 Å². The van der Waals surface area contributed by atoms with Crippen molar-refractivity contribution in [3.63, 3.8) is 0 Å². The molecule has 19 heavy (non-hydrogen) atoms. The van der Waals surface area contributed by atoms with Crippen molar-refractivity contribution in [2.75, 3.05) is 13.2 Å². The summed E-state index contributed by atoms with van der Waals surface area (Å²) in [5, 5.41) is 7.76. The van der Waals surface area contributed by atoms with Crippen molar-refractivity contribution in [3.05, 3.63) is 35.4 Å². The highest BCUT2D eigenvalue weighted by Crippen LogP contribution is 2.10. The molecule has 0 aliphatic carbocycles. The lowest BCUT2D eigenvalue weighted by Gasteiger charge is -2.11. The average Bonchev–Trinajstić information content (AvgIpc) is 2.92. The fourth-order valence-electron chi connectivity index (χ4n) is 1.94. The van der Waals surface area contributed by atoms with Gasteiger partial charge >= 0.3 is 0 Å².